The minimum absolute atomic E-state index is 0.129. The number of amides is 1. The van der Waals surface area contributed by atoms with Gasteiger partial charge in [0.2, 0.25) is 0 Å². The lowest BCUT2D eigenvalue weighted by atomic mass is 10.1. The second-order valence-electron chi connectivity index (χ2n) is 7.15. The van der Waals surface area contributed by atoms with Crippen molar-refractivity contribution in [1.29, 1.82) is 0 Å². The summed E-state index contributed by atoms with van der Waals surface area (Å²) in [5.41, 5.74) is 5.53. The highest BCUT2D eigenvalue weighted by atomic mass is 32.2. The number of nitrogens with one attached hydrogen (secondary N) is 2. The molecule has 29 heavy (non-hydrogen) atoms. The Labute approximate surface area is 171 Å². The predicted octanol–water partition coefficient (Wildman–Crippen LogP) is 4.97. The molecule has 0 aliphatic carbocycles. The van der Waals surface area contributed by atoms with Gasteiger partial charge in [0.05, 0.1) is 10.6 Å². The van der Waals surface area contributed by atoms with Crippen LogP contribution in [0, 0.1) is 27.7 Å². The van der Waals surface area contributed by atoms with Gasteiger partial charge in [0, 0.05) is 11.3 Å². The van der Waals surface area contributed by atoms with Gasteiger partial charge in [0.15, 0.2) is 0 Å². The molecule has 0 atom stereocenters. The molecule has 1 amide bonds. The minimum Gasteiger partial charge on any atom is -0.322 e. The topological polar surface area (TPSA) is 75.3 Å². The van der Waals surface area contributed by atoms with Gasteiger partial charge in [-0.3, -0.25) is 9.52 Å². The molecule has 5 nitrogen and oxygen atoms in total. The third kappa shape index (κ3) is 4.66. The summed E-state index contributed by atoms with van der Waals surface area (Å²) in [6.07, 6.45) is 0. The molecule has 150 valence electrons. The Morgan fingerprint density at radius 3 is 1.97 bits per heavy atom. The van der Waals surface area contributed by atoms with Crippen LogP contribution in [0.25, 0.3) is 0 Å². The molecule has 0 aliphatic rings. The maximum Gasteiger partial charge on any atom is 0.261 e. The Bertz CT molecular complexity index is 1150. The van der Waals surface area contributed by atoms with Crippen LogP contribution in [0.4, 0.5) is 11.4 Å². The molecule has 2 N–H and O–H groups in total. The Morgan fingerprint density at radius 2 is 1.38 bits per heavy atom. The molecule has 0 heterocycles. The van der Waals surface area contributed by atoms with Crippen LogP contribution in [0.1, 0.15) is 32.6 Å². The van der Waals surface area contributed by atoms with Gasteiger partial charge in [-0.2, -0.15) is 0 Å². The van der Waals surface area contributed by atoms with Crippen LogP contribution in [-0.2, 0) is 10.0 Å². The maximum atomic E-state index is 12.7. The number of sulfonamides is 1. The van der Waals surface area contributed by atoms with Crippen molar-refractivity contribution in [3.63, 3.8) is 0 Å². The lowest BCUT2D eigenvalue weighted by molar-refractivity contribution is 0.102. The van der Waals surface area contributed by atoms with Crippen molar-refractivity contribution in [2.24, 2.45) is 0 Å². The van der Waals surface area contributed by atoms with Crippen molar-refractivity contribution in [3.8, 4) is 0 Å². The first-order chi connectivity index (χ1) is 13.7. The first-order valence-electron chi connectivity index (χ1n) is 9.25. The number of hydrogen-bond acceptors (Lipinski definition) is 3. The Kier molecular flexibility index (Phi) is 5.75. The molecule has 0 aromatic heterocycles. The summed E-state index contributed by atoms with van der Waals surface area (Å²) in [4.78, 5) is 12.6. The summed E-state index contributed by atoms with van der Waals surface area (Å²) in [7, 11) is -3.73. The van der Waals surface area contributed by atoms with Crippen LogP contribution < -0.4 is 10.0 Å². The van der Waals surface area contributed by atoms with Gasteiger partial charge in [-0.25, -0.2) is 8.42 Å². The highest BCUT2D eigenvalue weighted by Gasteiger charge is 2.17. The zero-order valence-corrected chi connectivity index (χ0v) is 17.7. The molecule has 3 aromatic rings. The zero-order valence-electron chi connectivity index (χ0n) is 16.9. The quantitative estimate of drug-likeness (QED) is 0.626. The number of anilines is 2. The third-order valence-corrected chi connectivity index (χ3v) is 6.27. The fourth-order valence-corrected chi connectivity index (χ4v) is 4.18. The van der Waals surface area contributed by atoms with Gasteiger partial charge in [0.25, 0.3) is 15.9 Å². The summed E-state index contributed by atoms with van der Waals surface area (Å²) in [5, 5.41) is 2.80. The lowest BCUT2D eigenvalue weighted by Crippen LogP contribution is -2.15. The average Bonchev–Trinajstić information content (AvgIpc) is 2.67. The Hall–Kier alpha value is -3.12. The molecule has 0 fully saturated rings. The van der Waals surface area contributed by atoms with E-state index in [9.17, 15) is 13.2 Å². The fraction of sp³-hybridized carbons (Fsp3) is 0.174. The van der Waals surface area contributed by atoms with E-state index in [-0.39, 0.29) is 10.8 Å². The first kappa shape index (κ1) is 20.6. The zero-order chi connectivity index (χ0) is 21.2. The number of rotatable bonds is 5. The summed E-state index contributed by atoms with van der Waals surface area (Å²) in [5.74, 6) is -0.239. The smallest absolute Gasteiger partial charge is 0.261 e. The molecule has 6 heteroatoms. The maximum absolute atomic E-state index is 12.7. The molecular weight excluding hydrogens is 384 g/mol. The van der Waals surface area contributed by atoms with E-state index in [2.05, 4.69) is 10.0 Å². The van der Waals surface area contributed by atoms with Gasteiger partial charge in [-0.05, 0) is 86.3 Å². The lowest BCUT2D eigenvalue weighted by Gasteiger charge is -2.13. The molecule has 3 rings (SSSR count). The molecule has 0 unspecified atom stereocenters. The van der Waals surface area contributed by atoms with Crippen LogP contribution >= 0.6 is 0 Å². The monoisotopic (exact) mass is 408 g/mol. The van der Waals surface area contributed by atoms with Crippen molar-refractivity contribution in [1.82, 2.24) is 0 Å². The molecule has 0 spiro atoms. The first-order valence-corrected chi connectivity index (χ1v) is 10.7. The second-order valence-corrected chi connectivity index (χ2v) is 8.83. The number of carbonyl (C=O) groups is 1. The average molecular weight is 409 g/mol. The van der Waals surface area contributed by atoms with Gasteiger partial charge in [-0.1, -0.05) is 24.3 Å². The van der Waals surface area contributed by atoms with Crippen molar-refractivity contribution < 1.29 is 13.2 Å². The predicted molar refractivity (Wildman–Crippen MR) is 117 cm³/mol. The van der Waals surface area contributed by atoms with Crippen molar-refractivity contribution in [2.45, 2.75) is 32.6 Å². The van der Waals surface area contributed by atoms with Crippen molar-refractivity contribution in [3.05, 3.63) is 88.5 Å². The molecular formula is C23H24N2O3S. The number of benzene rings is 3. The second kappa shape index (κ2) is 8.09. The SMILES string of the molecule is Cc1ccc(C(=O)Nc2ccc(S(=O)(=O)Nc3c(C)cccc3C)cc2)cc1C. The van der Waals surface area contributed by atoms with Crippen molar-refractivity contribution >= 4 is 27.3 Å². The van der Waals surface area contributed by atoms with E-state index in [0.29, 0.717) is 16.9 Å². The summed E-state index contributed by atoms with van der Waals surface area (Å²) >= 11 is 0. The summed E-state index contributed by atoms with van der Waals surface area (Å²) in [6.45, 7) is 7.66. The number of hydrogen-bond donors (Lipinski definition) is 2. The Morgan fingerprint density at radius 1 is 0.759 bits per heavy atom. The van der Waals surface area contributed by atoms with E-state index in [4.69, 9.17) is 0 Å². The number of aryl methyl sites for hydroxylation is 4. The molecule has 0 saturated carbocycles. The fourth-order valence-electron chi connectivity index (χ4n) is 2.97. The van der Waals surface area contributed by atoms with Crippen LogP contribution in [0.2, 0.25) is 0 Å². The number of carbonyl (C=O) groups excluding carboxylic acids is 1. The highest BCUT2D eigenvalue weighted by molar-refractivity contribution is 7.92. The number of para-hydroxylation sites is 1. The normalized spacial score (nSPS) is 11.2. The summed E-state index contributed by atoms with van der Waals surface area (Å²) < 4.78 is 28.1. The Balaban J connectivity index is 1.77. The van der Waals surface area contributed by atoms with E-state index in [1.165, 1.54) is 12.1 Å². The van der Waals surface area contributed by atoms with Gasteiger partial charge < -0.3 is 5.32 Å². The van der Waals surface area contributed by atoms with Crippen LogP contribution in [-0.4, -0.2) is 14.3 Å². The molecule has 0 radical (unpaired) electrons. The largest absolute Gasteiger partial charge is 0.322 e. The molecule has 0 bridgehead atoms. The van der Waals surface area contributed by atoms with Crippen LogP contribution in [0.5, 0.6) is 0 Å². The third-order valence-electron chi connectivity index (χ3n) is 4.91. The van der Waals surface area contributed by atoms with E-state index in [1.54, 1.807) is 18.2 Å². The van der Waals surface area contributed by atoms with Crippen LogP contribution in [0.3, 0.4) is 0 Å². The summed E-state index contributed by atoms with van der Waals surface area (Å²) in [6, 6.07) is 17.2. The molecule has 0 aliphatic heterocycles. The molecule has 3 aromatic carbocycles. The molecule has 0 saturated heterocycles. The van der Waals surface area contributed by atoms with E-state index in [0.717, 1.165) is 22.3 Å². The van der Waals surface area contributed by atoms with Gasteiger partial charge in [0.1, 0.15) is 0 Å². The van der Waals surface area contributed by atoms with Gasteiger partial charge >= 0.3 is 0 Å². The highest BCUT2D eigenvalue weighted by Crippen LogP contribution is 2.24. The standard InChI is InChI=1S/C23H24N2O3S/c1-15-8-9-19(14-18(15)4)23(26)24-20-10-12-21(13-11-20)29(27,28)25-22-16(2)6-5-7-17(22)3/h5-14,25H,1-4H3,(H,24,26). The van der Waals surface area contributed by atoms with Gasteiger partial charge in [-0.15, -0.1) is 0 Å². The van der Waals surface area contributed by atoms with E-state index < -0.39 is 10.0 Å². The van der Waals surface area contributed by atoms with E-state index >= 15 is 0 Å². The van der Waals surface area contributed by atoms with Crippen LogP contribution in [0.15, 0.2) is 65.6 Å². The van der Waals surface area contributed by atoms with Crippen molar-refractivity contribution in [2.75, 3.05) is 10.0 Å². The minimum atomic E-state index is -3.73. The van der Waals surface area contributed by atoms with E-state index in [1.807, 2.05) is 58.0 Å².